The summed E-state index contributed by atoms with van der Waals surface area (Å²) in [4.78, 5) is 4.58. The Bertz CT molecular complexity index is 960. The minimum Gasteiger partial charge on any atom is -0.497 e. The first kappa shape index (κ1) is 13.9. The van der Waals surface area contributed by atoms with Crippen LogP contribution in [0.25, 0.3) is 21.5 Å². The monoisotopic (exact) mass is 307 g/mol. The van der Waals surface area contributed by atoms with E-state index in [4.69, 9.17) is 14.2 Å². The van der Waals surface area contributed by atoms with Gasteiger partial charge < -0.3 is 14.2 Å². The fraction of sp³-hybridized carbons (Fsp3) is 0.211. The number of ether oxygens (including phenoxy) is 3. The molecule has 1 heterocycles. The molecule has 0 aliphatic carbocycles. The van der Waals surface area contributed by atoms with Crippen LogP contribution in [0.5, 0.6) is 17.2 Å². The molecule has 0 aromatic heterocycles. The van der Waals surface area contributed by atoms with E-state index in [9.17, 15) is 0 Å². The highest BCUT2D eigenvalue weighted by molar-refractivity contribution is 6.16. The van der Waals surface area contributed by atoms with Crippen molar-refractivity contribution in [1.82, 2.24) is 0 Å². The Morgan fingerprint density at radius 2 is 1.61 bits per heavy atom. The lowest BCUT2D eigenvalue weighted by molar-refractivity contribution is 0.356. The fourth-order valence-corrected chi connectivity index (χ4v) is 3.28. The van der Waals surface area contributed by atoms with E-state index in [0.717, 1.165) is 45.5 Å². The van der Waals surface area contributed by atoms with Crippen molar-refractivity contribution in [2.75, 3.05) is 21.3 Å². The van der Waals surface area contributed by atoms with Crippen LogP contribution in [0.1, 0.15) is 5.56 Å². The summed E-state index contributed by atoms with van der Waals surface area (Å²) < 4.78 is 16.4. The van der Waals surface area contributed by atoms with Crippen LogP contribution in [0.15, 0.2) is 35.3 Å². The van der Waals surface area contributed by atoms with Gasteiger partial charge in [0, 0.05) is 18.0 Å². The quantitative estimate of drug-likeness (QED) is 0.678. The summed E-state index contributed by atoms with van der Waals surface area (Å²) in [6, 6.07) is 10.3. The van der Waals surface area contributed by atoms with Crippen LogP contribution >= 0.6 is 0 Å². The number of hydrogen-bond donors (Lipinski definition) is 0. The molecule has 0 saturated heterocycles. The molecule has 23 heavy (non-hydrogen) atoms. The molecule has 0 unspecified atom stereocenters. The van der Waals surface area contributed by atoms with Crippen molar-refractivity contribution >= 4 is 33.4 Å². The molecular formula is C19H17NO3. The Hall–Kier alpha value is -2.75. The summed E-state index contributed by atoms with van der Waals surface area (Å²) in [5.74, 6) is 2.30. The average molecular weight is 307 g/mol. The van der Waals surface area contributed by atoms with Crippen LogP contribution in [0.4, 0.5) is 5.69 Å². The van der Waals surface area contributed by atoms with Crippen molar-refractivity contribution in [2.45, 2.75) is 6.42 Å². The Balaban J connectivity index is 2.18. The maximum Gasteiger partial charge on any atom is 0.161 e. The highest BCUT2D eigenvalue weighted by Gasteiger charge is 2.16. The van der Waals surface area contributed by atoms with Crippen molar-refractivity contribution in [2.24, 2.45) is 4.99 Å². The molecule has 0 radical (unpaired) electrons. The number of nitrogens with zero attached hydrogens (tertiary/aromatic N) is 1. The second kappa shape index (κ2) is 5.16. The van der Waals surface area contributed by atoms with Gasteiger partial charge in [0.05, 0.1) is 27.0 Å². The van der Waals surface area contributed by atoms with Crippen LogP contribution in [0.2, 0.25) is 0 Å². The van der Waals surface area contributed by atoms with Gasteiger partial charge in [-0.15, -0.1) is 0 Å². The van der Waals surface area contributed by atoms with Crippen molar-refractivity contribution in [1.29, 1.82) is 0 Å². The van der Waals surface area contributed by atoms with Gasteiger partial charge in [0.15, 0.2) is 11.5 Å². The molecule has 3 aromatic carbocycles. The van der Waals surface area contributed by atoms with E-state index in [1.54, 1.807) is 21.3 Å². The number of hydrogen-bond acceptors (Lipinski definition) is 4. The molecule has 0 spiro atoms. The number of rotatable bonds is 3. The molecule has 0 bridgehead atoms. The fourth-order valence-electron chi connectivity index (χ4n) is 3.28. The van der Waals surface area contributed by atoms with E-state index in [-0.39, 0.29) is 0 Å². The largest absolute Gasteiger partial charge is 0.497 e. The third kappa shape index (κ3) is 2.02. The first-order valence-corrected chi connectivity index (χ1v) is 7.47. The van der Waals surface area contributed by atoms with E-state index in [2.05, 4.69) is 23.2 Å². The van der Waals surface area contributed by atoms with Gasteiger partial charge in [-0.05, 0) is 52.1 Å². The lowest BCUT2D eigenvalue weighted by Gasteiger charge is -2.17. The summed E-state index contributed by atoms with van der Waals surface area (Å²) in [6.07, 6.45) is 2.77. The van der Waals surface area contributed by atoms with Gasteiger partial charge in [0.1, 0.15) is 5.75 Å². The van der Waals surface area contributed by atoms with Crippen LogP contribution < -0.4 is 14.2 Å². The van der Waals surface area contributed by atoms with Crippen molar-refractivity contribution < 1.29 is 14.2 Å². The van der Waals surface area contributed by atoms with E-state index in [0.29, 0.717) is 0 Å². The first-order chi connectivity index (χ1) is 11.2. The van der Waals surface area contributed by atoms with E-state index in [1.807, 2.05) is 18.3 Å². The Kier molecular flexibility index (Phi) is 3.11. The topological polar surface area (TPSA) is 40.0 Å². The Morgan fingerprint density at radius 3 is 2.35 bits per heavy atom. The molecule has 0 atom stereocenters. The normalized spacial score (nSPS) is 12.7. The van der Waals surface area contributed by atoms with Gasteiger partial charge in [-0.3, -0.25) is 4.99 Å². The second-order valence-electron chi connectivity index (χ2n) is 5.55. The maximum atomic E-state index is 5.48. The van der Waals surface area contributed by atoms with Crippen molar-refractivity contribution in [3.8, 4) is 17.2 Å². The van der Waals surface area contributed by atoms with Gasteiger partial charge in [-0.2, -0.15) is 0 Å². The third-order valence-corrected chi connectivity index (χ3v) is 4.37. The van der Waals surface area contributed by atoms with Crippen molar-refractivity contribution in [3.05, 3.63) is 35.9 Å². The Morgan fingerprint density at radius 1 is 0.826 bits per heavy atom. The van der Waals surface area contributed by atoms with Crippen LogP contribution in [-0.4, -0.2) is 27.5 Å². The molecule has 1 aliphatic heterocycles. The molecule has 116 valence electrons. The summed E-state index contributed by atoms with van der Waals surface area (Å²) >= 11 is 0. The van der Waals surface area contributed by atoms with E-state index in [1.165, 1.54) is 10.9 Å². The third-order valence-electron chi connectivity index (χ3n) is 4.37. The van der Waals surface area contributed by atoms with Gasteiger partial charge in [0.25, 0.3) is 0 Å². The summed E-state index contributed by atoms with van der Waals surface area (Å²) in [5, 5.41) is 4.50. The zero-order valence-corrected chi connectivity index (χ0v) is 13.3. The predicted molar refractivity (Wildman–Crippen MR) is 93.0 cm³/mol. The van der Waals surface area contributed by atoms with Crippen LogP contribution in [0.3, 0.4) is 0 Å². The minimum atomic E-state index is 0.717. The second-order valence-corrected chi connectivity index (χ2v) is 5.55. The highest BCUT2D eigenvalue weighted by Crippen LogP contribution is 2.43. The minimum absolute atomic E-state index is 0.717. The molecule has 4 rings (SSSR count). The van der Waals surface area contributed by atoms with Gasteiger partial charge in [0.2, 0.25) is 0 Å². The summed E-state index contributed by atoms with van der Waals surface area (Å²) in [7, 11) is 4.99. The molecule has 4 nitrogen and oxygen atoms in total. The van der Waals surface area contributed by atoms with Gasteiger partial charge in [-0.25, -0.2) is 0 Å². The SMILES string of the molecule is COc1cc2c3c(cc4cc(OC)c(OC)cc4c3c1)N=CC2. The summed E-state index contributed by atoms with van der Waals surface area (Å²) in [6.45, 7) is 0. The molecular weight excluding hydrogens is 290 g/mol. The maximum absolute atomic E-state index is 5.48. The van der Waals surface area contributed by atoms with Crippen LogP contribution in [0, 0.1) is 0 Å². The van der Waals surface area contributed by atoms with Gasteiger partial charge in [-0.1, -0.05) is 0 Å². The average Bonchev–Trinajstić information content (AvgIpc) is 2.60. The zero-order valence-electron chi connectivity index (χ0n) is 13.3. The molecule has 0 N–H and O–H groups in total. The lowest BCUT2D eigenvalue weighted by Crippen LogP contribution is -1.97. The number of benzene rings is 3. The molecule has 0 fully saturated rings. The molecule has 0 amide bonds. The molecule has 0 saturated carbocycles. The Labute approximate surface area is 134 Å². The number of aliphatic imine (C=N–C) groups is 1. The van der Waals surface area contributed by atoms with Crippen molar-refractivity contribution in [3.63, 3.8) is 0 Å². The van der Waals surface area contributed by atoms with Gasteiger partial charge >= 0.3 is 0 Å². The number of fused-ring (bicyclic) bond motifs is 2. The van der Waals surface area contributed by atoms with E-state index < -0.39 is 0 Å². The number of methoxy groups -OCH3 is 3. The standard InChI is InChI=1S/C19H17NO3/c1-21-13-6-11-4-5-20-16-7-12-8-17(22-2)18(23-3)10-14(12)15(9-13)19(11)16/h5-10H,4H2,1-3H3. The summed E-state index contributed by atoms with van der Waals surface area (Å²) in [5.41, 5.74) is 2.23. The molecule has 4 heteroatoms. The van der Waals surface area contributed by atoms with Crippen LogP contribution in [-0.2, 0) is 6.42 Å². The smallest absolute Gasteiger partial charge is 0.161 e. The molecule has 1 aliphatic rings. The zero-order chi connectivity index (χ0) is 16.0. The first-order valence-electron chi connectivity index (χ1n) is 7.47. The lowest BCUT2D eigenvalue weighted by atomic mass is 9.93. The van der Waals surface area contributed by atoms with E-state index >= 15 is 0 Å². The highest BCUT2D eigenvalue weighted by atomic mass is 16.5. The molecule has 3 aromatic rings. The predicted octanol–water partition coefficient (Wildman–Crippen LogP) is 4.28.